The lowest BCUT2D eigenvalue weighted by Gasteiger charge is -2.06. The van der Waals surface area contributed by atoms with Crippen LogP contribution in [0.1, 0.15) is 26.5 Å². The number of rotatable bonds is 5. The van der Waals surface area contributed by atoms with Crippen LogP contribution in [0.3, 0.4) is 0 Å². The molecule has 1 heterocycles. The van der Waals surface area contributed by atoms with Crippen LogP contribution in [-0.4, -0.2) is 17.6 Å². The van der Waals surface area contributed by atoms with Gasteiger partial charge in [-0.15, -0.1) is 11.3 Å². The number of carbonyl (C=O) groups excluding carboxylic acids is 1. The van der Waals surface area contributed by atoms with Crippen molar-refractivity contribution < 1.29 is 9.90 Å². The van der Waals surface area contributed by atoms with Gasteiger partial charge in [-0.1, -0.05) is 12.1 Å². The van der Waals surface area contributed by atoms with E-state index in [1.165, 1.54) is 11.3 Å². The summed E-state index contributed by atoms with van der Waals surface area (Å²) in [4.78, 5) is 13.9. The molecule has 4 heteroatoms. The predicted octanol–water partition coefficient (Wildman–Crippen LogP) is 3.23. The maximum atomic E-state index is 12.0. The van der Waals surface area contributed by atoms with Crippen LogP contribution in [0.4, 0.5) is 5.69 Å². The molecule has 0 bridgehead atoms. The van der Waals surface area contributed by atoms with Crippen LogP contribution in [0, 0.1) is 6.92 Å². The van der Waals surface area contributed by atoms with Crippen molar-refractivity contribution in [3.05, 3.63) is 51.7 Å². The van der Waals surface area contributed by atoms with E-state index in [1.807, 2.05) is 43.3 Å². The van der Waals surface area contributed by atoms with E-state index >= 15 is 0 Å². The van der Waals surface area contributed by atoms with E-state index < -0.39 is 0 Å². The van der Waals surface area contributed by atoms with Crippen molar-refractivity contribution in [2.75, 3.05) is 11.9 Å². The summed E-state index contributed by atoms with van der Waals surface area (Å²) in [5.74, 6) is -0.0718. The van der Waals surface area contributed by atoms with E-state index in [9.17, 15) is 4.79 Å². The third kappa shape index (κ3) is 3.91. The molecule has 0 aliphatic rings. The first kappa shape index (κ1) is 13.8. The van der Waals surface area contributed by atoms with Gasteiger partial charge in [0.25, 0.3) is 5.91 Å². The second-order valence-electron chi connectivity index (χ2n) is 4.39. The maximum Gasteiger partial charge on any atom is 0.265 e. The van der Waals surface area contributed by atoms with Gasteiger partial charge in [0.15, 0.2) is 0 Å². The van der Waals surface area contributed by atoms with Crippen molar-refractivity contribution in [2.45, 2.75) is 19.8 Å². The zero-order valence-corrected chi connectivity index (χ0v) is 11.7. The number of aryl methyl sites for hydroxylation is 2. The standard InChI is InChI=1S/C15H17NO2S/c1-11-7-8-14(19-11)15(18)16-13-6-2-4-12(10-13)5-3-9-17/h2,4,6-8,10,17H,3,5,9H2,1H3,(H,16,18). The lowest BCUT2D eigenvalue weighted by molar-refractivity contribution is 0.103. The summed E-state index contributed by atoms with van der Waals surface area (Å²) in [5, 5.41) is 11.7. The summed E-state index contributed by atoms with van der Waals surface area (Å²) in [6, 6.07) is 11.5. The molecule has 1 aromatic heterocycles. The lowest BCUT2D eigenvalue weighted by Crippen LogP contribution is -2.10. The first-order valence-electron chi connectivity index (χ1n) is 6.26. The summed E-state index contributed by atoms with van der Waals surface area (Å²) in [7, 11) is 0. The second kappa shape index (κ2) is 6.50. The molecular weight excluding hydrogens is 258 g/mol. The Morgan fingerprint density at radius 3 is 2.84 bits per heavy atom. The normalized spacial score (nSPS) is 10.4. The average molecular weight is 275 g/mol. The zero-order chi connectivity index (χ0) is 13.7. The number of carbonyl (C=O) groups is 1. The van der Waals surface area contributed by atoms with Crippen molar-refractivity contribution in [3.8, 4) is 0 Å². The minimum atomic E-state index is -0.0718. The minimum absolute atomic E-state index is 0.0718. The highest BCUT2D eigenvalue weighted by Crippen LogP contribution is 2.18. The van der Waals surface area contributed by atoms with E-state index in [1.54, 1.807) is 0 Å². The number of anilines is 1. The number of nitrogens with one attached hydrogen (secondary N) is 1. The van der Waals surface area contributed by atoms with Gasteiger partial charge in [0.1, 0.15) is 0 Å². The van der Waals surface area contributed by atoms with Crippen LogP contribution in [0.5, 0.6) is 0 Å². The van der Waals surface area contributed by atoms with E-state index in [2.05, 4.69) is 5.32 Å². The van der Waals surface area contributed by atoms with E-state index in [0.29, 0.717) is 0 Å². The number of thiophene rings is 1. The molecule has 0 spiro atoms. The summed E-state index contributed by atoms with van der Waals surface area (Å²) in [5.41, 5.74) is 1.92. The Morgan fingerprint density at radius 1 is 1.32 bits per heavy atom. The molecule has 2 aromatic rings. The number of aliphatic hydroxyl groups excluding tert-OH is 1. The molecule has 0 atom stereocenters. The maximum absolute atomic E-state index is 12.0. The van der Waals surface area contributed by atoms with Gasteiger partial charge in [0, 0.05) is 17.2 Å². The van der Waals surface area contributed by atoms with E-state index in [0.717, 1.165) is 33.8 Å². The van der Waals surface area contributed by atoms with Crippen molar-refractivity contribution >= 4 is 22.9 Å². The van der Waals surface area contributed by atoms with Crippen LogP contribution < -0.4 is 5.32 Å². The Morgan fingerprint density at radius 2 is 2.16 bits per heavy atom. The fraction of sp³-hybridized carbons (Fsp3) is 0.267. The third-order valence-electron chi connectivity index (χ3n) is 2.77. The Balaban J connectivity index is 2.04. The van der Waals surface area contributed by atoms with Crippen LogP contribution in [-0.2, 0) is 6.42 Å². The zero-order valence-electron chi connectivity index (χ0n) is 10.8. The van der Waals surface area contributed by atoms with Crippen LogP contribution in [0.15, 0.2) is 36.4 Å². The molecule has 2 N–H and O–H groups in total. The van der Waals surface area contributed by atoms with Gasteiger partial charge in [0.2, 0.25) is 0 Å². The largest absolute Gasteiger partial charge is 0.396 e. The molecule has 0 aliphatic heterocycles. The third-order valence-corrected chi connectivity index (χ3v) is 3.77. The predicted molar refractivity (Wildman–Crippen MR) is 78.9 cm³/mol. The molecule has 0 saturated heterocycles. The van der Waals surface area contributed by atoms with E-state index in [-0.39, 0.29) is 12.5 Å². The number of amides is 1. The highest BCUT2D eigenvalue weighted by atomic mass is 32.1. The number of aliphatic hydroxyl groups is 1. The SMILES string of the molecule is Cc1ccc(C(=O)Nc2cccc(CCCO)c2)s1. The van der Waals surface area contributed by atoms with Crippen molar-refractivity contribution in [1.82, 2.24) is 0 Å². The first-order chi connectivity index (χ1) is 9.19. The molecule has 0 fully saturated rings. The topological polar surface area (TPSA) is 49.3 Å². The second-order valence-corrected chi connectivity index (χ2v) is 5.68. The van der Waals surface area contributed by atoms with Gasteiger partial charge >= 0.3 is 0 Å². The van der Waals surface area contributed by atoms with Crippen LogP contribution >= 0.6 is 11.3 Å². The summed E-state index contributed by atoms with van der Waals surface area (Å²) in [6.07, 6.45) is 1.56. The monoisotopic (exact) mass is 275 g/mol. The molecule has 1 aromatic carbocycles. The van der Waals surface area contributed by atoms with Crippen LogP contribution in [0.2, 0.25) is 0 Å². The molecular formula is C15H17NO2S. The van der Waals surface area contributed by atoms with E-state index in [4.69, 9.17) is 5.11 Å². The van der Waals surface area contributed by atoms with Gasteiger partial charge in [-0.25, -0.2) is 0 Å². The van der Waals surface area contributed by atoms with Gasteiger partial charge in [-0.05, 0) is 49.6 Å². The Kier molecular flexibility index (Phi) is 4.71. The average Bonchev–Trinajstić information content (AvgIpc) is 2.83. The fourth-order valence-corrected chi connectivity index (χ4v) is 2.60. The number of hydrogen-bond donors (Lipinski definition) is 2. The van der Waals surface area contributed by atoms with Gasteiger partial charge in [0.05, 0.1) is 4.88 Å². The molecule has 0 unspecified atom stereocenters. The summed E-state index contributed by atoms with van der Waals surface area (Å²) < 4.78 is 0. The fourth-order valence-electron chi connectivity index (χ4n) is 1.84. The molecule has 100 valence electrons. The molecule has 3 nitrogen and oxygen atoms in total. The highest BCUT2D eigenvalue weighted by molar-refractivity contribution is 7.14. The number of benzene rings is 1. The summed E-state index contributed by atoms with van der Waals surface area (Å²) >= 11 is 1.49. The smallest absolute Gasteiger partial charge is 0.265 e. The molecule has 2 rings (SSSR count). The molecule has 19 heavy (non-hydrogen) atoms. The van der Waals surface area contributed by atoms with Crippen LogP contribution in [0.25, 0.3) is 0 Å². The van der Waals surface area contributed by atoms with Gasteiger partial charge in [-0.2, -0.15) is 0 Å². The van der Waals surface area contributed by atoms with Gasteiger partial charge < -0.3 is 10.4 Å². The summed E-state index contributed by atoms with van der Waals surface area (Å²) in [6.45, 7) is 2.17. The molecule has 1 amide bonds. The quantitative estimate of drug-likeness (QED) is 0.880. The Hall–Kier alpha value is -1.65. The lowest BCUT2D eigenvalue weighted by atomic mass is 10.1. The Labute approximate surface area is 116 Å². The highest BCUT2D eigenvalue weighted by Gasteiger charge is 2.08. The molecule has 0 saturated carbocycles. The number of hydrogen-bond acceptors (Lipinski definition) is 3. The van der Waals surface area contributed by atoms with Gasteiger partial charge in [-0.3, -0.25) is 4.79 Å². The Bertz CT molecular complexity index is 563. The minimum Gasteiger partial charge on any atom is -0.396 e. The van der Waals surface area contributed by atoms with Crippen molar-refractivity contribution in [2.24, 2.45) is 0 Å². The van der Waals surface area contributed by atoms with Crippen molar-refractivity contribution in [1.29, 1.82) is 0 Å². The first-order valence-corrected chi connectivity index (χ1v) is 7.08. The molecule has 0 aliphatic carbocycles. The van der Waals surface area contributed by atoms with Crippen molar-refractivity contribution in [3.63, 3.8) is 0 Å². The molecule has 0 radical (unpaired) electrons.